The van der Waals surface area contributed by atoms with Crippen molar-refractivity contribution in [1.82, 2.24) is 9.78 Å². The van der Waals surface area contributed by atoms with Gasteiger partial charge in [-0.1, -0.05) is 23.9 Å². The summed E-state index contributed by atoms with van der Waals surface area (Å²) >= 11 is 1.52. The van der Waals surface area contributed by atoms with Gasteiger partial charge in [-0.3, -0.25) is 9.59 Å². The summed E-state index contributed by atoms with van der Waals surface area (Å²) in [7, 11) is 0. The third kappa shape index (κ3) is 1.91. The van der Waals surface area contributed by atoms with Crippen LogP contribution in [-0.4, -0.2) is 21.5 Å². The van der Waals surface area contributed by atoms with Crippen LogP contribution in [0, 0.1) is 0 Å². The highest BCUT2D eigenvalue weighted by molar-refractivity contribution is 8.08. The summed E-state index contributed by atoms with van der Waals surface area (Å²) in [5, 5.41) is 7.69. The van der Waals surface area contributed by atoms with E-state index in [2.05, 4.69) is 10.4 Å². The van der Waals surface area contributed by atoms with Gasteiger partial charge >= 0.3 is 0 Å². The van der Waals surface area contributed by atoms with Gasteiger partial charge in [-0.05, 0) is 26.0 Å². The molecule has 5 nitrogen and oxygen atoms in total. The van der Waals surface area contributed by atoms with Crippen LogP contribution >= 0.6 is 11.8 Å². The van der Waals surface area contributed by atoms with Gasteiger partial charge in [0.2, 0.25) is 5.91 Å². The zero-order valence-electron chi connectivity index (χ0n) is 13.0. The molecule has 0 unspecified atom stereocenters. The molecule has 1 aromatic carbocycles. The minimum Gasteiger partial charge on any atom is -0.351 e. The lowest BCUT2D eigenvalue weighted by Gasteiger charge is -2.33. The summed E-state index contributed by atoms with van der Waals surface area (Å²) in [5.41, 5.74) is 2.29. The number of aromatic nitrogens is 2. The van der Waals surface area contributed by atoms with Crippen molar-refractivity contribution in [2.24, 2.45) is 0 Å². The van der Waals surface area contributed by atoms with Gasteiger partial charge in [0.05, 0.1) is 21.7 Å². The van der Waals surface area contributed by atoms with Crippen molar-refractivity contribution in [3.05, 3.63) is 47.4 Å². The van der Waals surface area contributed by atoms with E-state index in [4.69, 9.17) is 0 Å². The average Bonchev–Trinajstić information content (AvgIpc) is 2.98. The molecule has 1 aliphatic carbocycles. The van der Waals surface area contributed by atoms with Crippen LogP contribution in [0.1, 0.15) is 36.8 Å². The van der Waals surface area contributed by atoms with Gasteiger partial charge < -0.3 is 5.32 Å². The number of hydrogen-bond donors (Lipinski definition) is 1. The van der Waals surface area contributed by atoms with Crippen molar-refractivity contribution in [3.63, 3.8) is 0 Å². The Kier molecular flexibility index (Phi) is 2.84. The zero-order chi connectivity index (χ0) is 16.4. The molecule has 0 saturated heterocycles. The van der Waals surface area contributed by atoms with Gasteiger partial charge in [0.1, 0.15) is 5.69 Å². The Bertz CT molecular complexity index is 908. The molecule has 1 N–H and O–H groups in total. The number of fused-ring (bicyclic) bond motifs is 3. The number of nitrogens with one attached hydrogen (secondary N) is 1. The number of allylic oxidation sites excluding steroid dienone is 1. The number of nitrogens with zero attached hydrogens (tertiary/aromatic N) is 2. The van der Waals surface area contributed by atoms with Crippen LogP contribution in [0.3, 0.4) is 0 Å². The summed E-state index contributed by atoms with van der Waals surface area (Å²) < 4.78 is 1.32. The van der Waals surface area contributed by atoms with Crippen molar-refractivity contribution in [1.29, 1.82) is 0 Å². The molecule has 4 rings (SSSR count). The fourth-order valence-electron chi connectivity index (χ4n) is 2.93. The smallest absolute Gasteiger partial charge is 0.243 e. The average molecular weight is 325 g/mol. The Morgan fingerprint density at radius 1 is 1.30 bits per heavy atom. The Labute approximate surface area is 137 Å². The fraction of sp³-hybridized carbons (Fsp3) is 0.235. The maximum absolute atomic E-state index is 13.0. The fourth-order valence-corrected chi connectivity index (χ4v) is 4.02. The van der Waals surface area contributed by atoms with E-state index < -0.39 is 5.41 Å². The highest BCUT2D eigenvalue weighted by Gasteiger charge is 2.44. The normalized spacial score (nSPS) is 18.0. The molecule has 0 atom stereocenters. The first kappa shape index (κ1) is 14.3. The Morgan fingerprint density at radius 2 is 2.04 bits per heavy atom. The summed E-state index contributed by atoms with van der Waals surface area (Å²) in [6.07, 6.45) is 1.68. The van der Waals surface area contributed by atoms with Crippen LogP contribution in [0.25, 0.3) is 4.91 Å². The Morgan fingerprint density at radius 3 is 2.78 bits per heavy atom. The lowest BCUT2D eigenvalue weighted by Crippen LogP contribution is -2.37. The maximum Gasteiger partial charge on any atom is 0.243 e. The first-order valence-electron chi connectivity index (χ1n) is 7.34. The van der Waals surface area contributed by atoms with Gasteiger partial charge in [0, 0.05) is 23.6 Å². The van der Waals surface area contributed by atoms with Gasteiger partial charge in [-0.2, -0.15) is 5.10 Å². The van der Waals surface area contributed by atoms with E-state index in [9.17, 15) is 9.59 Å². The molecule has 0 amide bonds. The first-order chi connectivity index (χ1) is 10.9. The van der Waals surface area contributed by atoms with E-state index in [0.29, 0.717) is 11.4 Å². The summed E-state index contributed by atoms with van der Waals surface area (Å²) in [6.45, 7) is 5.21. The predicted molar refractivity (Wildman–Crippen MR) is 89.4 cm³/mol. The molecule has 0 saturated carbocycles. The van der Waals surface area contributed by atoms with E-state index in [1.807, 2.05) is 38.1 Å². The van der Waals surface area contributed by atoms with Crippen molar-refractivity contribution in [2.45, 2.75) is 31.1 Å². The Hall–Kier alpha value is -2.34. The number of Topliss-reactive ketones (excluding diaryl/α,β-unsaturated/α-hetero) is 1. The summed E-state index contributed by atoms with van der Waals surface area (Å²) in [4.78, 5) is 26.5. The number of hydrogen-bond acceptors (Lipinski definition) is 5. The molecule has 0 bridgehead atoms. The second-order valence-electron chi connectivity index (χ2n) is 6.24. The Balaban J connectivity index is 1.95. The second-order valence-corrected chi connectivity index (χ2v) is 7.29. The minimum absolute atomic E-state index is 0.0186. The number of para-hydroxylation sites is 1. The maximum atomic E-state index is 13.0. The predicted octanol–water partition coefficient (Wildman–Crippen LogP) is 3.29. The molecule has 2 heterocycles. The lowest BCUT2D eigenvalue weighted by atomic mass is 9.76. The molecule has 0 radical (unpaired) electrons. The number of carbonyl (C=O) groups is 2. The van der Waals surface area contributed by atoms with Gasteiger partial charge in [0.25, 0.3) is 0 Å². The highest BCUT2D eigenvalue weighted by atomic mass is 32.2. The first-order valence-corrected chi connectivity index (χ1v) is 8.15. The third-order valence-corrected chi connectivity index (χ3v) is 5.48. The van der Waals surface area contributed by atoms with Crippen LogP contribution in [0.15, 0.2) is 41.1 Å². The van der Waals surface area contributed by atoms with Crippen LogP contribution in [0.2, 0.25) is 0 Å². The zero-order valence-corrected chi connectivity index (χ0v) is 13.8. The van der Waals surface area contributed by atoms with E-state index >= 15 is 0 Å². The molecule has 23 heavy (non-hydrogen) atoms. The van der Waals surface area contributed by atoms with Crippen LogP contribution < -0.4 is 5.32 Å². The minimum atomic E-state index is -0.721. The van der Waals surface area contributed by atoms with Crippen molar-refractivity contribution >= 4 is 34.0 Å². The topological polar surface area (TPSA) is 64.0 Å². The van der Waals surface area contributed by atoms with Crippen LogP contribution in [-0.2, 0) is 10.2 Å². The standard InChI is InChI=1S/C17H15N3O2S/c1-9(21)20-8-10-13(19-20)15-14(16(22)17(10,2)3)18-11-6-4-5-7-12(11)23-15/h4-8,18H,1-3H3. The van der Waals surface area contributed by atoms with Crippen molar-refractivity contribution < 1.29 is 9.59 Å². The van der Waals surface area contributed by atoms with Gasteiger partial charge in [-0.15, -0.1) is 0 Å². The van der Waals surface area contributed by atoms with Gasteiger partial charge in [0.15, 0.2) is 5.78 Å². The number of thioether (sulfide) groups is 1. The van der Waals surface area contributed by atoms with Gasteiger partial charge in [-0.25, -0.2) is 4.68 Å². The summed E-state index contributed by atoms with van der Waals surface area (Å²) in [5.74, 6) is -0.149. The molecular weight excluding hydrogens is 310 g/mol. The lowest BCUT2D eigenvalue weighted by molar-refractivity contribution is -0.119. The van der Waals surface area contributed by atoms with Crippen molar-refractivity contribution in [3.8, 4) is 0 Å². The van der Waals surface area contributed by atoms with E-state index in [1.165, 1.54) is 23.4 Å². The second kappa shape index (κ2) is 4.58. The van der Waals surface area contributed by atoms with Crippen LogP contribution in [0.5, 0.6) is 0 Å². The number of ketones is 1. The molecule has 116 valence electrons. The molecule has 0 spiro atoms. The molecule has 2 aliphatic rings. The molecule has 6 heteroatoms. The van der Waals surface area contributed by atoms with E-state index in [1.54, 1.807) is 6.20 Å². The number of carbonyl (C=O) groups excluding carboxylic acids is 2. The number of rotatable bonds is 0. The molecule has 1 aliphatic heterocycles. The third-order valence-electron chi connectivity index (χ3n) is 4.31. The molecule has 0 fully saturated rings. The van der Waals surface area contributed by atoms with Crippen molar-refractivity contribution in [2.75, 3.05) is 5.32 Å². The number of benzene rings is 1. The quantitative estimate of drug-likeness (QED) is 0.805. The van der Waals surface area contributed by atoms with E-state index in [-0.39, 0.29) is 11.7 Å². The molecule has 2 aromatic rings. The SMILES string of the molecule is CC(=O)n1cc2c(n1)C1=C(Nc3ccccc3S1)C(=O)C2(C)C. The van der Waals surface area contributed by atoms with E-state index in [0.717, 1.165) is 21.1 Å². The largest absolute Gasteiger partial charge is 0.351 e. The molecular formula is C17H15N3O2S. The number of anilines is 1. The highest BCUT2D eigenvalue weighted by Crippen LogP contribution is 2.50. The van der Waals surface area contributed by atoms with Crippen LogP contribution in [0.4, 0.5) is 5.69 Å². The summed E-state index contributed by atoms with van der Waals surface area (Å²) in [6, 6.07) is 7.85. The monoisotopic (exact) mass is 325 g/mol. The molecule has 1 aromatic heterocycles.